The lowest BCUT2D eigenvalue weighted by molar-refractivity contribution is -0.203. The second kappa shape index (κ2) is 10.1. The molecule has 4 fully saturated rings. The molecule has 3 N–H and O–H groups in total. The van der Waals surface area contributed by atoms with Gasteiger partial charge in [0.1, 0.15) is 0 Å². The second-order valence-electron chi connectivity index (χ2n) is 13.9. The minimum atomic E-state index is -0.891. The zero-order valence-electron chi connectivity index (χ0n) is 23.2. The second-order valence-corrected chi connectivity index (χ2v) is 13.9. The van der Waals surface area contributed by atoms with Crippen LogP contribution < -0.4 is 0 Å². The molecule has 0 heterocycles. The van der Waals surface area contributed by atoms with Crippen molar-refractivity contribution in [2.24, 2.45) is 52.3 Å². The summed E-state index contributed by atoms with van der Waals surface area (Å²) in [4.78, 5) is 0. The number of rotatable bonds is 6. The topological polar surface area (TPSA) is 60.7 Å². The number of fused-ring (bicyclic) bond motifs is 5. The molecule has 2 unspecified atom stereocenters. The summed E-state index contributed by atoms with van der Waals surface area (Å²) in [6.45, 7) is 9.57. The summed E-state index contributed by atoms with van der Waals surface area (Å²) in [5.41, 5.74) is 1.06. The summed E-state index contributed by atoms with van der Waals surface area (Å²) >= 11 is 0. The Labute approximate surface area is 222 Å². The van der Waals surface area contributed by atoms with Crippen LogP contribution in [0.3, 0.4) is 0 Å². The van der Waals surface area contributed by atoms with Crippen LogP contribution in [0, 0.1) is 63.9 Å². The van der Waals surface area contributed by atoms with Gasteiger partial charge in [0.2, 0.25) is 0 Å². The quantitative estimate of drug-likeness (QED) is 0.372. The number of hydrogen-bond acceptors (Lipinski definition) is 3. The van der Waals surface area contributed by atoms with Crippen LogP contribution >= 0.6 is 0 Å². The highest BCUT2D eigenvalue weighted by Gasteiger charge is 2.64. The van der Waals surface area contributed by atoms with E-state index in [0.29, 0.717) is 47.5 Å². The van der Waals surface area contributed by atoms with Gasteiger partial charge >= 0.3 is 0 Å². The van der Waals surface area contributed by atoms with Gasteiger partial charge in [-0.2, -0.15) is 0 Å². The average Bonchev–Trinajstić information content (AvgIpc) is 3.21. The highest BCUT2D eigenvalue weighted by Crippen LogP contribution is 2.69. The fourth-order valence-corrected chi connectivity index (χ4v) is 10.5. The number of phenolic OH excluding ortho intramolecular Hbond substituents is 1. The van der Waals surface area contributed by atoms with E-state index in [1.807, 2.05) is 0 Å². The Hall–Kier alpha value is -1.20. The molecule has 0 bridgehead atoms. The van der Waals surface area contributed by atoms with Gasteiger partial charge in [0.15, 0.2) is 17.4 Å². The van der Waals surface area contributed by atoms with Crippen molar-refractivity contribution in [1.82, 2.24) is 0 Å². The number of halogens is 2. The molecular weight excluding hydrogens is 470 g/mol. The molecule has 0 spiro atoms. The van der Waals surface area contributed by atoms with Gasteiger partial charge in [-0.25, -0.2) is 8.78 Å². The Morgan fingerprint density at radius 3 is 2.27 bits per heavy atom. The van der Waals surface area contributed by atoms with Crippen LogP contribution in [-0.2, 0) is 6.42 Å². The van der Waals surface area contributed by atoms with Gasteiger partial charge in [0.05, 0.1) is 12.2 Å². The van der Waals surface area contributed by atoms with E-state index in [1.54, 1.807) is 0 Å². The monoisotopic (exact) mass is 518 g/mol. The third-order valence-electron chi connectivity index (χ3n) is 12.4. The molecule has 1 aromatic carbocycles. The zero-order chi connectivity index (χ0) is 26.7. The van der Waals surface area contributed by atoms with E-state index in [-0.39, 0.29) is 29.0 Å². The largest absolute Gasteiger partial charge is 0.503 e. The predicted octanol–water partition coefficient (Wildman–Crippen LogP) is 7.26. The van der Waals surface area contributed by atoms with Crippen molar-refractivity contribution >= 4 is 0 Å². The minimum Gasteiger partial charge on any atom is -0.503 e. The number of aliphatic hydroxyl groups is 2. The van der Waals surface area contributed by atoms with E-state index in [0.717, 1.165) is 38.5 Å². The van der Waals surface area contributed by atoms with Crippen molar-refractivity contribution in [3.05, 3.63) is 29.3 Å². The number of phenols is 1. The van der Waals surface area contributed by atoms with Crippen molar-refractivity contribution in [1.29, 1.82) is 0 Å². The SMILES string of the molecule is CC[C@@H]1C2C[C@H](O)CC[C@]2(C)[C@H]2CCC3(C)[C@@H]([C@H](C)CCCc4cc(F)c(O)c(F)c4)CC[C@H]3[C@H]2[C@@H]1O. The molecule has 0 saturated heterocycles. The van der Waals surface area contributed by atoms with Crippen LogP contribution in [-0.4, -0.2) is 27.5 Å². The summed E-state index contributed by atoms with van der Waals surface area (Å²) in [6.07, 6.45) is 10.6. The van der Waals surface area contributed by atoms with Crippen LogP contribution in [0.5, 0.6) is 5.75 Å². The Bertz CT molecular complexity index is 960. The molecule has 0 aliphatic heterocycles. The lowest BCUT2D eigenvalue weighted by atomic mass is 9.41. The highest BCUT2D eigenvalue weighted by molar-refractivity contribution is 5.30. The van der Waals surface area contributed by atoms with Crippen LogP contribution in [0.1, 0.15) is 97.5 Å². The molecule has 1 aromatic rings. The first-order chi connectivity index (χ1) is 17.5. The molecule has 4 aliphatic rings. The van der Waals surface area contributed by atoms with E-state index >= 15 is 0 Å². The van der Waals surface area contributed by atoms with Gasteiger partial charge in [-0.05, 0) is 128 Å². The number of hydrogen-bond donors (Lipinski definition) is 3. The van der Waals surface area contributed by atoms with Gasteiger partial charge in [-0.15, -0.1) is 0 Å². The van der Waals surface area contributed by atoms with E-state index in [4.69, 9.17) is 0 Å². The smallest absolute Gasteiger partial charge is 0.187 e. The van der Waals surface area contributed by atoms with E-state index in [9.17, 15) is 24.1 Å². The molecule has 0 amide bonds. The first-order valence-electron chi connectivity index (χ1n) is 15.0. The Kier molecular flexibility index (Phi) is 7.46. The fraction of sp³-hybridized carbons (Fsp3) is 0.812. The third-order valence-corrected chi connectivity index (χ3v) is 12.4. The maximum Gasteiger partial charge on any atom is 0.187 e. The highest BCUT2D eigenvalue weighted by atomic mass is 19.1. The fourth-order valence-electron chi connectivity index (χ4n) is 10.5. The number of aryl methyl sites for hydroxylation is 1. The molecule has 0 radical (unpaired) electrons. The molecule has 37 heavy (non-hydrogen) atoms. The summed E-state index contributed by atoms with van der Waals surface area (Å²) in [5.74, 6) is 0.641. The third kappa shape index (κ3) is 4.44. The normalized spacial score (nSPS) is 44.1. The van der Waals surface area contributed by atoms with E-state index in [2.05, 4.69) is 27.7 Å². The summed E-state index contributed by atoms with van der Waals surface area (Å²) in [6, 6.07) is 2.51. The first kappa shape index (κ1) is 27.4. The molecular formula is C32H48F2O3. The number of benzene rings is 1. The molecule has 4 aliphatic carbocycles. The zero-order valence-corrected chi connectivity index (χ0v) is 23.2. The Morgan fingerprint density at radius 2 is 1.59 bits per heavy atom. The average molecular weight is 519 g/mol. The Morgan fingerprint density at radius 1 is 0.946 bits per heavy atom. The van der Waals surface area contributed by atoms with Gasteiger partial charge in [-0.1, -0.05) is 40.5 Å². The van der Waals surface area contributed by atoms with Crippen LogP contribution in [0.25, 0.3) is 0 Å². The van der Waals surface area contributed by atoms with Crippen molar-refractivity contribution in [3.63, 3.8) is 0 Å². The van der Waals surface area contributed by atoms with Crippen LogP contribution in [0.15, 0.2) is 12.1 Å². The maximum absolute atomic E-state index is 13.8. The van der Waals surface area contributed by atoms with Gasteiger partial charge < -0.3 is 15.3 Å². The lowest BCUT2D eigenvalue weighted by Crippen LogP contribution is -2.62. The molecule has 11 atom stereocenters. The molecule has 5 rings (SSSR count). The number of aromatic hydroxyl groups is 1. The molecule has 4 saturated carbocycles. The van der Waals surface area contributed by atoms with Crippen molar-refractivity contribution in [2.75, 3.05) is 0 Å². The molecule has 3 nitrogen and oxygen atoms in total. The molecule has 0 aromatic heterocycles. The maximum atomic E-state index is 13.8. The minimum absolute atomic E-state index is 0.212. The lowest BCUT2D eigenvalue weighted by Gasteiger charge is -2.64. The Balaban J connectivity index is 1.29. The standard InChI is InChI=1S/C32H48F2O3/c1-5-21-25-17-20(35)11-13-32(25,4)24-12-14-31(3)22(9-10-23(31)28(24)29(21)36)18(2)7-6-8-19-15-26(33)30(37)27(34)16-19/h15-16,18,20-25,28-29,35-37H,5-14,17H2,1-4H3/t18-,20-,21-,22-,23+,24+,25?,28-,29-,31?,32-/m1/s1. The predicted molar refractivity (Wildman–Crippen MR) is 142 cm³/mol. The summed E-state index contributed by atoms with van der Waals surface area (Å²) in [7, 11) is 0. The van der Waals surface area contributed by atoms with Crippen molar-refractivity contribution in [2.45, 2.75) is 111 Å². The molecule has 208 valence electrons. The molecule has 5 heteroatoms. The van der Waals surface area contributed by atoms with Crippen LogP contribution in [0.4, 0.5) is 8.78 Å². The summed E-state index contributed by atoms with van der Waals surface area (Å²) in [5, 5.41) is 31.7. The van der Waals surface area contributed by atoms with Crippen LogP contribution in [0.2, 0.25) is 0 Å². The number of aliphatic hydroxyl groups excluding tert-OH is 2. The van der Waals surface area contributed by atoms with Gasteiger partial charge in [0.25, 0.3) is 0 Å². The van der Waals surface area contributed by atoms with E-state index < -0.39 is 17.4 Å². The van der Waals surface area contributed by atoms with Crippen molar-refractivity contribution < 1.29 is 24.1 Å². The summed E-state index contributed by atoms with van der Waals surface area (Å²) < 4.78 is 27.5. The van der Waals surface area contributed by atoms with Gasteiger partial charge in [-0.3, -0.25) is 0 Å². The van der Waals surface area contributed by atoms with Gasteiger partial charge in [0, 0.05) is 0 Å². The first-order valence-corrected chi connectivity index (χ1v) is 15.0. The van der Waals surface area contributed by atoms with Crippen molar-refractivity contribution in [3.8, 4) is 5.75 Å². The van der Waals surface area contributed by atoms with E-state index in [1.165, 1.54) is 37.8 Å².